The van der Waals surface area contributed by atoms with E-state index in [1.54, 1.807) is 7.11 Å². The fraction of sp³-hybridized carbons (Fsp3) is 0.600. The lowest BCUT2D eigenvalue weighted by Crippen LogP contribution is -2.40. The van der Waals surface area contributed by atoms with Gasteiger partial charge in [-0.1, -0.05) is 11.6 Å². The van der Waals surface area contributed by atoms with E-state index < -0.39 is 0 Å². The highest BCUT2D eigenvalue weighted by Gasteiger charge is 2.22. The highest BCUT2D eigenvalue weighted by molar-refractivity contribution is 6.32. The number of nitrogens with two attached hydrogens (primary N) is 1. The number of ether oxygens (including phenoxy) is 1. The molecule has 1 atom stereocenters. The van der Waals surface area contributed by atoms with E-state index in [4.69, 9.17) is 22.1 Å². The van der Waals surface area contributed by atoms with E-state index in [1.807, 2.05) is 0 Å². The van der Waals surface area contributed by atoms with Crippen LogP contribution in [0.1, 0.15) is 12.8 Å². The first kappa shape index (κ1) is 11.4. The summed E-state index contributed by atoms with van der Waals surface area (Å²) in [7, 11) is 1.73. The lowest BCUT2D eigenvalue weighted by Gasteiger charge is -2.33. The van der Waals surface area contributed by atoms with E-state index in [9.17, 15) is 0 Å². The molecule has 1 aromatic rings. The van der Waals surface area contributed by atoms with Gasteiger partial charge in [0.05, 0.1) is 6.10 Å². The van der Waals surface area contributed by atoms with E-state index in [-0.39, 0.29) is 6.10 Å². The van der Waals surface area contributed by atoms with Gasteiger partial charge in [0.25, 0.3) is 0 Å². The molecule has 2 heterocycles. The molecule has 1 aliphatic rings. The van der Waals surface area contributed by atoms with Gasteiger partial charge >= 0.3 is 0 Å². The Morgan fingerprint density at radius 2 is 2.38 bits per heavy atom. The minimum absolute atomic E-state index is 0.238. The first-order chi connectivity index (χ1) is 7.72. The van der Waals surface area contributed by atoms with Crippen molar-refractivity contribution in [1.82, 2.24) is 9.97 Å². The Labute approximate surface area is 99.6 Å². The van der Waals surface area contributed by atoms with Crippen molar-refractivity contribution in [1.29, 1.82) is 0 Å². The monoisotopic (exact) mass is 242 g/mol. The Balaban J connectivity index is 2.20. The van der Waals surface area contributed by atoms with Crippen LogP contribution in [0.25, 0.3) is 0 Å². The molecule has 0 radical (unpaired) electrons. The molecule has 1 fully saturated rings. The van der Waals surface area contributed by atoms with Crippen LogP contribution >= 0.6 is 11.6 Å². The summed E-state index contributed by atoms with van der Waals surface area (Å²) in [5.74, 6) is 0.710. The molecular formula is C10H15ClN4O. The number of piperidine rings is 1. The molecule has 0 aliphatic carbocycles. The maximum atomic E-state index is 5.87. The third kappa shape index (κ3) is 2.20. The van der Waals surface area contributed by atoms with Gasteiger partial charge in [-0.2, -0.15) is 0 Å². The zero-order valence-corrected chi connectivity index (χ0v) is 9.94. The fourth-order valence-corrected chi connectivity index (χ4v) is 2.07. The number of anilines is 2. The van der Waals surface area contributed by atoms with Gasteiger partial charge in [0.1, 0.15) is 12.0 Å². The van der Waals surface area contributed by atoms with Crippen LogP contribution in [0, 0.1) is 0 Å². The summed E-state index contributed by atoms with van der Waals surface area (Å²) in [4.78, 5) is 10.1. The predicted molar refractivity (Wildman–Crippen MR) is 63.7 cm³/mol. The molecule has 0 bridgehead atoms. The van der Waals surface area contributed by atoms with Crippen molar-refractivity contribution < 1.29 is 4.74 Å². The van der Waals surface area contributed by atoms with Crippen molar-refractivity contribution in [3.63, 3.8) is 0 Å². The van der Waals surface area contributed by atoms with Crippen molar-refractivity contribution in [2.24, 2.45) is 0 Å². The lowest BCUT2D eigenvalue weighted by atomic mass is 10.1. The van der Waals surface area contributed by atoms with Gasteiger partial charge < -0.3 is 15.4 Å². The van der Waals surface area contributed by atoms with Gasteiger partial charge in [-0.25, -0.2) is 9.97 Å². The summed E-state index contributed by atoms with van der Waals surface area (Å²) in [5.41, 5.74) is 6.31. The first-order valence-electron chi connectivity index (χ1n) is 5.26. The van der Waals surface area contributed by atoms with Gasteiger partial charge in [-0.3, -0.25) is 0 Å². The second kappa shape index (κ2) is 4.84. The minimum atomic E-state index is 0.238. The maximum Gasteiger partial charge on any atom is 0.157 e. The normalized spacial score (nSPS) is 21.1. The number of nitrogens with zero attached hydrogens (tertiary/aromatic N) is 3. The third-order valence-electron chi connectivity index (χ3n) is 2.83. The molecular weight excluding hydrogens is 228 g/mol. The molecule has 1 saturated heterocycles. The van der Waals surface area contributed by atoms with Gasteiger partial charge in [-0.15, -0.1) is 0 Å². The molecule has 1 aromatic heterocycles. The molecule has 0 saturated carbocycles. The van der Waals surface area contributed by atoms with Crippen LogP contribution in [0.15, 0.2) is 6.33 Å². The van der Waals surface area contributed by atoms with Crippen molar-refractivity contribution in [3.05, 3.63) is 11.5 Å². The predicted octanol–water partition coefficient (Wildman–Crippen LogP) is 1.33. The highest BCUT2D eigenvalue weighted by Crippen LogP contribution is 2.28. The van der Waals surface area contributed by atoms with Crippen molar-refractivity contribution >= 4 is 23.1 Å². The van der Waals surface area contributed by atoms with E-state index >= 15 is 0 Å². The number of aromatic nitrogens is 2. The second-order valence-electron chi connectivity index (χ2n) is 3.85. The maximum absolute atomic E-state index is 5.87. The average Bonchev–Trinajstić information content (AvgIpc) is 2.33. The Hall–Kier alpha value is -1.07. The zero-order valence-electron chi connectivity index (χ0n) is 9.19. The molecule has 2 rings (SSSR count). The summed E-state index contributed by atoms with van der Waals surface area (Å²) in [5, 5.41) is 0.310. The van der Waals surface area contributed by atoms with Gasteiger partial charge in [0.2, 0.25) is 0 Å². The number of methoxy groups -OCH3 is 1. The summed E-state index contributed by atoms with van der Waals surface area (Å²) >= 11 is 5.87. The Morgan fingerprint density at radius 1 is 1.56 bits per heavy atom. The van der Waals surface area contributed by atoms with Crippen molar-refractivity contribution in [2.45, 2.75) is 18.9 Å². The third-order valence-corrected chi connectivity index (χ3v) is 3.13. The van der Waals surface area contributed by atoms with Crippen LogP contribution in [0.4, 0.5) is 11.5 Å². The van der Waals surface area contributed by atoms with Gasteiger partial charge in [-0.05, 0) is 12.8 Å². The van der Waals surface area contributed by atoms with Crippen LogP contribution in [0.2, 0.25) is 5.15 Å². The molecule has 6 heteroatoms. The molecule has 1 unspecified atom stereocenters. The number of hydrogen-bond donors (Lipinski definition) is 1. The number of halogens is 1. The molecule has 0 aromatic carbocycles. The minimum Gasteiger partial charge on any atom is -0.393 e. The molecule has 88 valence electrons. The SMILES string of the molecule is COC1CCCN(c2ncnc(Cl)c2N)C1. The Morgan fingerprint density at radius 3 is 3.12 bits per heavy atom. The zero-order chi connectivity index (χ0) is 11.5. The second-order valence-corrected chi connectivity index (χ2v) is 4.21. The largest absolute Gasteiger partial charge is 0.393 e. The first-order valence-corrected chi connectivity index (χ1v) is 5.64. The van der Waals surface area contributed by atoms with Crippen LogP contribution in [-0.2, 0) is 4.74 Å². The summed E-state index contributed by atoms with van der Waals surface area (Å²) in [6.07, 6.45) is 3.82. The average molecular weight is 243 g/mol. The molecule has 0 spiro atoms. The molecule has 1 aliphatic heterocycles. The van der Waals surface area contributed by atoms with Crippen LogP contribution in [-0.4, -0.2) is 36.3 Å². The van der Waals surface area contributed by atoms with Crippen LogP contribution < -0.4 is 10.6 Å². The van der Waals surface area contributed by atoms with Gasteiger partial charge in [0.15, 0.2) is 11.0 Å². The fourth-order valence-electron chi connectivity index (χ4n) is 1.94. The molecule has 5 nitrogen and oxygen atoms in total. The topological polar surface area (TPSA) is 64.3 Å². The van der Waals surface area contributed by atoms with Gasteiger partial charge in [0, 0.05) is 20.2 Å². The summed E-state index contributed by atoms with van der Waals surface area (Å²) < 4.78 is 5.35. The number of nitrogen functional groups attached to an aromatic ring is 1. The quantitative estimate of drug-likeness (QED) is 0.793. The molecule has 16 heavy (non-hydrogen) atoms. The number of hydrogen-bond acceptors (Lipinski definition) is 5. The standard InChI is InChI=1S/C10H15ClN4O/c1-16-7-3-2-4-15(5-7)10-8(12)9(11)13-6-14-10/h6-7H,2-5,12H2,1H3. The van der Waals surface area contributed by atoms with E-state index in [0.717, 1.165) is 25.9 Å². The Kier molecular flexibility index (Phi) is 3.46. The Bertz CT molecular complexity index is 374. The van der Waals surface area contributed by atoms with Crippen molar-refractivity contribution in [3.8, 4) is 0 Å². The van der Waals surface area contributed by atoms with Crippen molar-refractivity contribution in [2.75, 3.05) is 30.8 Å². The van der Waals surface area contributed by atoms with Crippen LogP contribution in [0.3, 0.4) is 0 Å². The molecule has 0 amide bonds. The smallest absolute Gasteiger partial charge is 0.157 e. The molecule has 2 N–H and O–H groups in total. The summed E-state index contributed by atoms with van der Waals surface area (Å²) in [6, 6.07) is 0. The van der Waals surface area contributed by atoms with E-state index in [1.165, 1.54) is 6.33 Å². The number of rotatable bonds is 2. The summed E-state index contributed by atoms with van der Waals surface area (Å²) in [6.45, 7) is 1.73. The van der Waals surface area contributed by atoms with E-state index in [0.29, 0.717) is 16.7 Å². The lowest BCUT2D eigenvalue weighted by molar-refractivity contribution is 0.0892. The van der Waals surface area contributed by atoms with E-state index in [2.05, 4.69) is 14.9 Å². The van der Waals surface area contributed by atoms with Crippen LogP contribution in [0.5, 0.6) is 0 Å². The highest BCUT2D eigenvalue weighted by atomic mass is 35.5.